The number of nitrogens with one attached hydrogen (secondary N) is 2. The van der Waals surface area contributed by atoms with E-state index in [1.165, 1.54) is 31.2 Å². The van der Waals surface area contributed by atoms with Gasteiger partial charge in [0.1, 0.15) is 35.9 Å². The number of piperidine rings is 1. The van der Waals surface area contributed by atoms with Crippen molar-refractivity contribution in [3.8, 4) is 34.7 Å². The van der Waals surface area contributed by atoms with Crippen LogP contribution in [0.15, 0.2) is 49.8 Å². The van der Waals surface area contributed by atoms with Gasteiger partial charge in [-0.05, 0) is 19.8 Å². The van der Waals surface area contributed by atoms with E-state index in [-0.39, 0.29) is 50.7 Å². The first-order chi connectivity index (χ1) is 26.5. The van der Waals surface area contributed by atoms with Gasteiger partial charge < -0.3 is 4.90 Å². The summed E-state index contributed by atoms with van der Waals surface area (Å²) in [4.78, 5) is 30.1. The van der Waals surface area contributed by atoms with Gasteiger partial charge in [0, 0.05) is 43.0 Å². The van der Waals surface area contributed by atoms with Crippen LogP contribution < -0.4 is 0 Å². The Bertz CT molecular complexity index is 2540. The predicted octanol–water partition coefficient (Wildman–Crippen LogP) is 2.24. The lowest BCUT2D eigenvalue weighted by Gasteiger charge is -2.49. The van der Waals surface area contributed by atoms with Gasteiger partial charge in [0.2, 0.25) is 28.3 Å². The SMILES string of the molecule is CCC(=O)N1CC(C(F)C#N)(n2cc(-c3ncnc4[nH]ncc34)cn2)C1.CCS(=O)(=O)N1CCC(C(F)C#N)(n2cc(-c3ncnc4[nH]ncc34)cn2)CC1. The fourth-order valence-electron chi connectivity index (χ4n) is 6.98. The maximum atomic E-state index is 14.8. The van der Waals surface area contributed by atoms with Gasteiger partial charge in [-0.1, -0.05) is 6.92 Å². The predicted molar refractivity (Wildman–Crippen MR) is 190 cm³/mol. The van der Waals surface area contributed by atoms with E-state index in [1.54, 1.807) is 63.2 Å². The van der Waals surface area contributed by atoms with Crippen LogP contribution >= 0.6 is 0 Å². The van der Waals surface area contributed by atoms with E-state index in [0.29, 0.717) is 45.6 Å². The number of rotatable bonds is 9. The third-order valence-electron chi connectivity index (χ3n) is 10.2. The van der Waals surface area contributed by atoms with Crippen LogP contribution in [0.25, 0.3) is 44.6 Å². The Morgan fingerprint density at radius 1 is 0.818 bits per heavy atom. The van der Waals surface area contributed by atoms with Gasteiger partial charge in [0.15, 0.2) is 11.3 Å². The second-order valence-electron chi connectivity index (χ2n) is 13.1. The molecule has 0 aliphatic carbocycles. The smallest absolute Gasteiger partial charge is 0.222 e. The molecule has 19 nitrogen and oxygen atoms in total. The van der Waals surface area contributed by atoms with Crippen molar-refractivity contribution < 1.29 is 22.0 Å². The third-order valence-corrected chi connectivity index (χ3v) is 12.1. The minimum absolute atomic E-state index is 0.0162. The molecule has 6 aromatic heterocycles. The topological polar surface area (TPSA) is 250 Å². The fourth-order valence-corrected chi connectivity index (χ4v) is 8.08. The van der Waals surface area contributed by atoms with Gasteiger partial charge in [-0.2, -0.15) is 30.9 Å². The molecule has 8 rings (SSSR count). The van der Waals surface area contributed by atoms with E-state index in [4.69, 9.17) is 5.26 Å². The zero-order valence-electron chi connectivity index (χ0n) is 29.6. The summed E-state index contributed by atoms with van der Waals surface area (Å²) in [5.74, 6) is -0.0912. The van der Waals surface area contributed by atoms with E-state index in [1.807, 2.05) is 0 Å². The molecule has 2 unspecified atom stereocenters. The number of likely N-dealkylation sites (tertiary alicyclic amines) is 1. The van der Waals surface area contributed by atoms with Crippen LogP contribution in [-0.2, 0) is 25.9 Å². The first kappa shape index (κ1) is 37.1. The van der Waals surface area contributed by atoms with Crippen LogP contribution in [0.4, 0.5) is 8.78 Å². The number of H-pyrrole nitrogens is 2. The highest BCUT2D eigenvalue weighted by Crippen LogP contribution is 2.38. The molecule has 0 spiro atoms. The van der Waals surface area contributed by atoms with Gasteiger partial charge in [-0.25, -0.2) is 41.4 Å². The Morgan fingerprint density at radius 3 is 1.78 bits per heavy atom. The molecule has 8 heterocycles. The van der Waals surface area contributed by atoms with Crippen molar-refractivity contribution >= 4 is 38.0 Å². The number of aromatic amines is 2. The highest BCUT2D eigenvalue weighted by Gasteiger charge is 2.54. The van der Waals surface area contributed by atoms with Crippen LogP contribution in [0, 0.1) is 22.7 Å². The Balaban J connectivity index is 0.000000170. The Labute approximate surface area is 312 Å². The molecule has 0 bridgehead atoms. The number of sulfonamides is 1. The molecular formula is C33H34F2N16O3S. The summed E-state index contributed by atoms with van der Waals surface area (Å²) in [5, 5.41) is 41.8. The zero-order chi connectivity index (χ0) is 39.0. The lowest BCUT2D eigenvalue weighted by Crippen LogP contribution is -2.68. The summed E-state index contributed by atoms with van der Waals surface area (Å²) in [6, 6.07) is 3.33. The summed E-state index contributed by atoms with van der Waals surface area (Å²) in [5.41, 5.74) is 1.21. The first-order valence-electron chi connectivity index (χ1n) is 17.2. The average Bonchev–Trinajstić information content (AvgIpc) is 4.04. The molecule has 284 valence electrons. The van der Waals surface area contributed by atoms with Crippen LogP contribution in [0.2, 0.25) is 0 Å². The monoisotopic (exact) mass is 772 g/mol. The zero-order valence-corrected chi connectivity index (χ0v) is 30.4. The van der Waals surface area contributed by atoms with E-state index in [9.17, 15) is 27.3 Å². The van der Waals surface area contributed by atoms with Crippen LogP contribution in [0.3, 0.4) is 0 Å². The van der Waals surface area contributed by atoms with E-state index >= 15 is 0 Å². The molecule has 2 fully saturated rings. The molecule has 0 radical (unpaired) electrons. The van der Waals surface area contributed by atoms with E-state index in [0.717, 1.165) is 5.39 Å². The normalized spacial score (nSPS) is 17.7. The molecule has 0 aromatic carbocycles. The van der Waals surface area contributed by atoms with Crippen molar-refractivity contribution in [3.63, 3.8) is 0 Å². The summed E-state index contributed by atoms with van der Waals surface area (Å²) < 4.78 is 57.8. The largest absolute Gasteiger partial charge is 0.337 e. The summed E-state index contributed by atoms with van der Waals surface area (Å²) >= 11 is 0. The molecule has 2 atom stereocenters. The first-order valence-corrected chi connectivity index (χ1v) is 18.8. The van der Waals surface area contributed by atoms with Gasteiger partial charge >= 0.3 is 0 Å². The summed E-state index contributed by atoms with van der Waals surface area (Å²) in [7, 11) is -3.37. The number of amides is 1. The maximum absolute atomic E-state index is 14.8. The Kier molecular flexibility index (Phi) is 9.79. The number of carbonyl (C=O) groups excluding carboxylic acids is 1. The Morgan fingerprint density at radius 2 is 1.31 bits per heavy atom. The molecule has 6 aromatic rings. The average molecular weight is 773 g/mol. The fraction of sp³-hybridized carbons (Fsp3) is 0.424. The number of hydrogen-bond donors (Lipinski definition) is 2. The number of halogens is 2. The van der Waals surface area contributed by atoms with Crippen molar-refractivity contribution in [2.45, 2.75) is 56.5 Å². The molecule has 0 saturated carbocycles. The molecule has 2 N–H and O–H groups in total. The molecular weight excluding hydrogens is 739 g/mol. The van der Waals surface area contributed by atoms with Crippen molar-refractivity contribution in [3.05, 3.63) is 49.8 Å². The summed E-state index contributed by atoms with van der Waals surface area (Å²) in [6.45, 7) is 3.81. The maximum Gasteiger partial charge on any atom is 0.222 e. The third kappa shape index (κ3) is 6.42. The van der Waals surface area contributed by atoms with Gasteiger partial charge in [-0.3, -0.25) is 24.4 Å². The van der Waals surface area contributed by atoms with E-state index < -0.39 is 33.4 Å². The van der Waals surface area contributed by atoms with Gasteiger partial charge in [0.25, 0.3) is 0 Å². The molecule has 2 aliphatic heterocycles. The van der Waals surface area contributed by atoms with Gasteiger partial charge in [0.05, 0.1) is 65.8 Å². The van der Waals surface area contributed by atoms with Crippen molar-refractivity contribution in [1.29, 1.82) is 10.5 Å². The second-order valence-corrected chi connectivity index (χ2v) is 15.4. The quantitative estimate of drug-likeness (QED) is 0.214. The molecule has 1 amide bonds. The number of nitrogens with zero attached hydrogens (tertiary/aromatic N) is 14. The molecule has 2 aliphatic rings. The molecule has 2 saturated heterocycles. The summed E-state index contributed by atoms with van der Waals surface area (Å²) in [6.07, 6.45) is 9.41. The standard InChI is InChI=1S/C17H19FN8O2S.C16H15FN8O/c1-2-29(27,28)25-5-3-17(4-6-25,14(18)7-19)26-10-12(8-23-26)15-13-9-22-24-16(13)21-11-20-15;1-2-13(26)24-7-16(8-24,12(17)3-18)25-6-10(4-22-25)14-11-5-21-23-15(11)20-9-19-14/h8-11,14H,2-6H2,1H3,(H,20,21,22,24);4-6,9,12H,2,7-8H2,1H3,(H,19,20,21,23). The van der Waals surface area contributed by atoms with Crippen molar-refractivity contribution in [2.75, 3.05) is 31.9 Å². The van der Waals surface area contributed by atoms with Gasteiger partial charge in [-0.15, -0.1) is 0 Å². The van der Waals surface area contributed by atoms with Crippen LogP contribution in [0.5, 0.6) is 0 Å². The van der Waals surface area contributed by atoms with Crippen LogP contribution in [0.1, 0.15) is 33.1 Å². The minimum Gasteiger partial charge on any atom is -0.337 e. The lowest BCUT2D eigenvalue weighted by atomic mass is 9.84. The molecule has 22 heteroatoms. The number of aromatic nitrogens is 12. The highest BCUT2D eigenvalue weighted by molar-refractivity contribution is 7.89. The number of fused-ring (bicyclic) bond motifs is 2. The number of hydrogen-bond acceptors (Lipinski definition) is 13. The minimum atomic E-state index is -3.37. The van der Waals surface area contributed by atoms with Crippen molar-refractivity contribution in [1.82, 2.24) is 69.1 Å². The second kappa shape index (κ2) is 14.5. The highest BCUT2D eigenvalue weighted by atomic mass is 32.2. The molecule has 55 heavy (non-hydrogen) atoms. The van der Waals surface area contributed by atoms with Crippen LogP contribution in [-0.4, -0.2) is 128 Å². The lowest BCUT2D eigenvalue weighted by molar-refractivity contribution is -0.145. The van der Waals surface area contributed by atoms with Crippen molar-refractivity contribution in [2.24, 2.45) is 0 Å². The Hall–Kier alpha value is -6.26. The number of alkyl halides is 2. The number of nitriles is 2. The number of carbonyl (C=O) groups is 1. The van der Waals surface area contributed by atoms with E-state index in [2.05, 4.69) is 50.5 Å².